The monoisotopic (exact) mass is 417 g/mol. The average Bonchev–Trinajstić information content (AvgIpc) is 2.63. The Kier molecular flexibility index (Phi) is 6.25. The van der Waals surface area contributed by atoms with Crippen LogP contribution in [0.4, 0.5) is 5.69 Å². The van der Waals surface area contributed by atoms with Crippen molar-refractivity contribution in [2.75, 3.05) is 5.32 Å². The van der Waals surface area contributed by atoms with Gasteiger partial charge >= 0.3 is 0 Å². The third-order valence-electron chi connectivity index (χ3n) is 7.50. The summed E-state index contributed by atoms with van der Waals surface area (Å²) in [6, 6.07) is 9.57. The number of nitrogens with one attached hydrogen (secondary N) is 3. The molecular weight excluding hydrogens is 382 g/mol. The third-order valence-corrected chi connectivity index (χ3v) is 7.70. The van der Waals surface area contributed by atoms with Gasteiger partial charge in [-0.05, 0) is 73.7 Å². The van der Waals surface area contributed by atoms with E-state index in [1.54, 1.807) is 0 Å². The van der Waals surface area contributed by atoms with Crippen molar-refractivity contribution >= 4 is 28.9 Å². The Morgan fingerprint density at radius 1 is 1.10 bits per heavy atom. The summed E-state index contributed by atoms with van der Waals surface area (Å²) in [5, 5.41) is 14.6. The van der Waals surface area contributed by atoms with Gasteiger partial charge in [0, 0.05) is 18.0 Å². The molecule has 0 radical (unpaired) electrons. The van der Waals surface area contributed by atoms with E-state index in [0.717, 1.165) is 31.4 Å². The van der Waals surface area contributed by atoms with Crippen LogP contribution in [0.2, 0.25) is 0 Å². The first-order valence-electron chi connectivity index (χ1n) is 10.7. The molecule has 6 heteroatoms. The predicted octanol–water partition coefficient (Wildman–Crippen LogP) is 4.39. The van der Waals surface area contributed by atoms with Crippen molar-refractivity contribution in [3.63, 3.8) is 0 Å². The van der Waals surface area contributed by atoms with Crippen molar-refractivity contribution in [3.8, 4) is 0 Å². The number of anilines is 1. The van der Waals surface area contributed by atoms with E-state index in [-0.39, 0.29) is 29.1 Å². The maximum absolute atomic E-state index is 12.8. The minimum atomic E-state index is -0.835. The Morgan fingerprint density at radius 3 is 2.48 bits per heavy atom. The maximum atomic E-state index is 12.8. The Labute approximate surface area is 180 Å². The van der Waals surface area contributed by atoms with Gasteiger partial charge in [-0.25, -0.2) is 0 Å². The fraction of sp³-hybridized carbons (Fsp3) is 0.652. The van der Waals surface area contributed by atoms with Crippen LogP contribution in [0.3, 0.4) is 0 Å². The number of amides is 1. The summed E-state index contributed by atoms with van der Waals surface area (Å²) in [6.07, 6.45) is 5.49. The van der Waals surface area contributed by atoms with Crippen LogP contribution < -0.4 is 16.2 Å². The molecule has 4 N–H and O–H groups in total. The SMILES string of the molecule is CC1(C)CCC[C@]2(C)[C@@H]1CC[C@@](C)(O)[C@@H]2CC(=O)NNC(=S)Nc1ccccc1. The molecule has 160 valence electrons. The molecule has 2 saturated carbocycles. The third kappa shape index (κ3) is 4.75. The molecule has 2 aliphatic rings. The molecule has 0 spiro atoms. The first-order valence-corrected chi connectivity index (χ1v) is 11.1. The number of carbonyl (C=O) groups excluding carboxylic acids is 1. The first-order chi connectivity index (χ1) is 13.5. The van der Waals surface area contributed by atoms with Gasteiger partial charge in [-0.2, -0.15) is 0 Å². The van der Waals surface area contributed by atoms with Gasteiger partial charge in [-0.3, -0.25) is 15.6 Å². The summed E-state index contributed by atoms with van der Waals surface area (Å²) >= 11 is 5.26. The summed E-state index contributed by atoms with van der Waals surface area (Å²) in [5.74, 6) is 0.305. The highest BCUT2D eigenvalue weighted by molar-refractivity contribution is 7.80. The summed E-state index contributed by atoms with van der Waals surface area (Å²) in [7, 11) is 0. The number of rotatable bonds is 3. The van der Waals surface area contributed by atoms with Gasteiger partial charge < -0.3 is 10.4 Å². The molecule has 0 unspecified atom stereocenters. The van der Waals surface area contributed by atoms with E-state index in [0.29, 0.717) is 11.0 Å². The quantitative estimate of drug-likeness (QED) is 0.434. The van der Waals surface area contributed by atoms with Crippen LogP contribution in [0.25, 0.3) is 0 Å². The van der Waals surface area contributed by atoms with Crippen molar-refractivity contribution in [1.82, 2.24) is 10.9 Å². The van der Waals surface area contributed by atoms with Gasteiger partial charge in [0.25, 0.3) is 0 Å². The van der Waals surface area contributed by atoms with Crippen LogP contribution in [0.5, 0.6) is 0 Å². The first kappa shape index (κ1) is 22.0. The van der Waals surface area contributed by atoms with Crippen molar-refractivity contribution in [3.05, 3.63) is 30.3 Å². The maximum Gasteiger partial charge on any atom is 0.238 e. The van der Waals surface area contributed by atoms with E-state index in [1.807, 2.05) is 37.3 Å². The molecule has 0 saturated heterocycles. The lowest BCUT2D eigenvalue weighted by Crippen LogP contribution is -2.59. The number of hydrazine groups is 1. The Morgan fingerprint density at radius 2 is 1.79 bits per heavy atom. The number of benzene rings is 1. The van der Waals surface area contributed by atoms with Crippen molar-refractivity contribution in [2.45, 2.75) is 71.8 Å². The van der Waals surface area contributed by atoms with Gasteiger partial charge in [0.2, 0.25) is 5.91 Å². The fourth-order valence-electron chi connectivity index (χ4n) is 6.12. The standard InChI is InChI=1S/C23H35N3O2S/c1-21(2)12-8-13-22(3)17(21)11-14-23(4,28)18(22)15-19(27)25-26-20(29)24-16-9-6-5-7-10-16/h5-7,9-10,17-18,28H,8,11-15H2,1-4H3,(H,25,27)(H2,24,26,29)/t17-,18-,22-,23-/m1/s1. The second-order valence-corrected chi connectivity index (χ2v) is 10.5. The van der Waals surface area contributed by atoms with E-state index in [1.165, 1.54) is 6.42 Å². The van der Waals surface area contributed by atoms with Crippen LogP contribution >= 0.6 is 12.2 Å². The lowest BCUT2D eigenvalue weighted by atomic mass is 9.45. The molecule has 4 atom stereocenters. The zero-order valence-electron chi connectivity index (χ0n) is 18.0. The number of hydrogen-bond acceptors (Lipinski definition) is 3. The van der Waals surface area contributed by atoms with Crippen molar-refractivity contribution in [1.29, 1.82) is 0 Å². The highest BCUT2D eigenvalue weighted by Crippen LogP contribution is 2.62. The smallest absolute Gasteiger partial charge is 0.238 e. The van der Waals surface area contributed by atoms with Crippen LogP contribution in [0.15, 0.2) is 30.3 Å². The average molecular weight is 418 g/mol. The predicted molar refractivity (Wildman–Crippen MR) is 121 cm³/mol. The van der Waals surface area contributed by atoms with E-state index >= 15 is 0 Å². The lowest BCUT2D eigenvalue weighted by Gasteiger charge is -2.61. The second kappa shape index (κ2) is 8.23. The number of aliphatic hydroxyl groups is 1. The van der Waals surface area contributed by atoms with Crippen molar-refractivity contribution in [2.24, 2.45) is 22.7 Å². The van der Waals surface area contributed by atoms with Crippen LogP contribution in [0.1, 0.15) is 66.2 Å². The molecular formula is C23H35N3O2S. The molecule has 2 aliphatic carbocycles. The summed E-state index contributed by atoms with van der Waals surface area (Å²) in [4.78, 5) is 12.8. The molecule has 5 nitrogen and oxygen atoms in total. The molecule has 0 bridgehead atoms. The highest BCUT2D eigenvalue weighted by atomic mass is 32.1. The molecule has 1 aromatic carbocycles. The van der Waals surface area contributed by atoms with Crippen LogP contribution in [-0.4, -0.2) is 21.7 Å². The fourth-order valence-corrected chi connectivity index (χ4v) is 6.29. The Bertz CT molecular complexity index is 750. The molecule has 0 aromatic heterocycles. The number of fused-ring (bicyclic) bond motifs is 1. The highest BCUT2D eigenvalue weighted by Gasteiger charge is 2.58. The Balaban J connectivity index is 1.63. The molecule has 29 heavy (non-hydrogen) atoms. The molecule has 0 heterocycles. The van der Waals surface area contributed by atoms with E-state index < -0.39 is 5.60 Å². The minimum absolute atomic E-state index is 0.0381. The largest absolute Gasteiger partial charge is 0.390 e. The number of carbonyl (C=O) groups is 1. The number of hydrogen-bond donors (Lipinski definition) is 4. The van der Waals surface area contributed by atoms with E-state index in [9.17, 15) is 9.90 Å². The summed E-state index contributed by atoms with van der Waals surface area (Å²) < 4.78 is 0. The number of thiocarbonyl (C=S) groups is 1. The molecule has 0 aliphatic heterocycles. The van der Waals surface area contributed by atoms with Crippen LogP contribution in [0, 0.1) is 22.7 Å². The van der Waals surface area contributed by atoms with Crippen LogP contribution in [-0.2, 0) is 4.79 Å². The summed E-state index contributed by atoms with van der Waals surface area (Å²) in [5.41, 5.74) is 5.74. The minimum Gasteiger partial charge on any atom is -0.390 e. The van der Waals surface area contributed by atoms with Gasteiger partial charge in [-0.15, -0.1) is 0 Å². The Hall–Kier alpha value is -1.66. The topological polar surface area (TPSA) is 73.4 Å². The molecule has 2 fully saturated rings. The van der Waals surface area contributed by atoms with Gasteiger partial charge in [0.1, 0.15) is 0 Å². The van der Waals surface area contributed by atoms with E-state index in [2.05, 4.69) is 36.9 Å². The van der Waals surface area contributed by atoms with E-state index in [4.69, 9.17) is 12.2 Å². The van der Waals surface area contributed by atoms with Gasteiger partial charge in [0.15, 0.2) is 5.11 Å². The number of para-hydroxylation sites is 1. The molecule has 1 aromatic rings. The second-order valence-electron chi connectivity index (χ2n) is 10.0. The zero-order valence-corrected chi connectivity index (χ0v) is 18.9. The van der Waals surface area contributed by atoms with Gasteiger partial charge in [-0.1, -0.05) is 45.4 Å². The zero-order chi connectivity index (χ0) is 21.3. The molecule has 3 rings (SSSR count). The van der Waals surface area contributed by atoms with Crippen molar-refractivity contribution < 1.29 is 9.90 Å². The lowest BCUT2D eigenvalue weighted by molar-refractivity contribution is -0.173. The van der Waals surface area contributed by atoms with Gasteiger partial charge in [0.05, 0.1) is 5.60 Å². The summed E-state index contributed by atoms with van der Waals surface area (Å²) in [6.45, 7) is 8.89. The normalized spacial score (nSPS) is 33.3. The molecule has 1 amide bonds.